The molecule has 0 amide bonds. The van der Waals surface area contributed by atoms with Crippen molar-refractivity contribution in [1.82, 2.24) is 0 Å². The van der Waals surface area contributed by atoms with Crippen molar-refractivity contribution in [3.05, 3.63) is 83.9 Å². The Balaban J connectivity index is 2.14. The van der Waals surface area contributed by atoms with Gasteiger partial charge in [0.15, 0.2) is 0 Å². The lowest BCUT2D eigenvalue weighted by Gasteiger charge is -2.60. The first-order chi connectivity index (χ1) is 10.0. The van der Waals surface area contributed by atoms with E-state index in [-0.39, 0.29) is 11.3 Å². The van der Waals surface area contributed by atoms with Crippen molar-refractivity contribution in [2.24, 2.45) is 5.92 Å². The minimum absolute atomic E-state index is 0.104. The van der Waals surface area contributed by atoms with Gasteiger partial charge >= 0.3 is 0 Å². The van der Waals surface area contributed by atoms with E-state index in [1.165, 1.54) is 11.1 Å². The highest BCUT2D eigenvalue weighted by atomic mass is 16.3. The van der Waals surface area contributed by atoms with Crippen LogP contribution < -0.4 is 0 Å². The van der Waals surface area contributed by atoms with Crippen LogP contribution in [-0.4, -0.2) is 10.7 Å². The second kappa shape index (κ2) is 4.85. The molecule has 1 N–H and O–H groups in total. The molecule has 1 fully saturated rings. The third-order valence-electron chi connectivity index (χ3n) is 5.32. The first-order valence-electron chi connectivity index (χ1n) is 7.51. The van der Waals surface area contributed by atoms with Gasteiger partial charge in [0.1, 0.15) is 0 Å². The van der Waals surface area contributed by atoms with Crippen LogP contribution in [0.3, 0.4) is 0 Å². The average molecular weight is 278 g/mol. The highest BCUT2D eigenvalue weighted by molar-refractivity contribution is 5.48. The maximum absolute atomic E-state index is 10.9. The quantitative estimate of drug-likeness (QED) is 0.829. The van der Waals surface area contributed by atoms with E-state index in [2.05, 4.69) is 62.0 Å². The molecule has 0 spiro atoms. The van der Waals surface area contributed by atoms with Crippen molar-refractivity contribution in [3.8, 4) is 0 Å². The van der Waals surface area contributed by atoms with Crippen LogP contribution in [0.15, 0.2) is 72.8 Å². The summed E-state index contributed by atoms with van der Waals surface area (Å²) in [5, 5.41) is 10.9. The summed E-state index contributed by atoms with van der Waals surface area (Å²) in [6.45, 7) is 8.07. The average Bonchev–Trinajstić information content (AvgIpc) is 2.53. The van der Waals surface area contributed by atoms with Crippen LogP contribution in [0.25, 0.3) is 0 Å². The molecule has 0 aromatic heterocycles. The molecule has 0 bridgehead atoms. The first kappa shape index (κ1) is 14.1. The van der Waals surface area contributed by atoms with Crippen LogP contribution in [0.1, 0.15) is 31.4 Å². The SMILES string of the molecule is C=C(C)C1(O)CC(c2ccccc2)(c2ccccc2)C1C. The van der Waals surface area contributed by atoms with Gasteiger partial charge in [-0.3, -0.25) is 0 Å². The van der Waals surface area contributed by atoms with Gasteiger partial charge in [-0.05, 0) is 30.0 Å². The Kier molecular flexibility index (Phi) is 3.26. The normalized spacial score (nSPS) is 26.9. The molecule has 0 aliphatic heterocycles. The standard InChI is InChI=1S/C20H22O/c1-15(2)20(21)14-19(16(20)3,17-10-6-4-7-11-17)18-12-8-5-9-13-18/h4-13,16,21H,1,14H2,2-3H3. The number of rotatable bonds is 3. The van der Waals surface area contributed by atoms with Gasteiger partial charge in [-0.15, -0.1) is 0 Å². The van der Waals surface area contributed by atoms with Crippen molar-refractivity contribution in [2.45, 2.75) is 31.3 Å². The van der Waals surface area contributed by atoms with E-state index in [9.17, 15) is 5.11 Å². The molecule has 2 aromatic carbocycles. The van der Waals surface area contributed by atoms with E-state index in [0.29, 0.717) is 6.42 Å². The Bertz CT molecular complexity index is 605. The van der Waals surface area contributed by atoms with Crippen LogP contribution in [0.2, 0.25) is 0 Å². The van der Waals surface area contributed by atoms with E-state index in [1.807, 2.05) is 19.1 Å². The molecule has 2 unspecified atom stereocenters. The van der Waals surface area contributed by atoms with Crippen molar-refractivity contribution in [1.29, 1.82) is 0 Å². The maximum Gasteiger partial charge on any atom is 0.0900 e. The lowest BCUT2D eigenvalue weighted by atomic mass is 9.45. The van der Waals surface area contributed by atoms with Crippen molar-refractivity contribution in [3.63, 3.8) is 0 Å². The van der Waals surface area contributed by atoms with Gasteiger partial charge in [0.05, 0.1) is 5.60 Å². The smallest absolute Gasteiger partial charge is 0.0900 e. The molecule has 1 aliphatic carbocycles. The Labute approximate surface area is 127 Å². The second-order valence-corrected chi connectivity index (χ2v) is 6.31. The number of hydrogen-bond donors (Lipinski definition) is 1. The zero-order valence-corrected chi connectivity index (χ0v) is 12.7. The molecule has 1 heteroatoms. The number of benzene rings is 2. The van der Waals surface area contributed by atoms with Gasteiger partial charge in [-0.1, -0.05) is 74.2 Å². The van der Waals surface area contributed by atoms with Crippen LogP contribution in [0.5, 0.6) is 0 Å². The Morgan fingerprint density at radius 1 is 1.00 bits per heavy atom. The van der Waals surface area contributed by atoms with E-state index in [0.717, 1.165) is 5.57 Å². The predicted molar refractivity (Wildman–Crippen MR) is 87.2 cm³/mol. The van der Waals surface area contributed by atoms with Gasteiger partial charge < -0.3 is 5.11 Å². The minimum Gasteiger partial charge on any atom is -0.385 e. The third kappa shape index (κ3) is 1.88. The molecule has 0 radical (unpaired) electrons. The molecule has 108 valence electrons. The van der Waals surface area contributed by atoms with Gasteiger partial charge in [0.25, 0.3) is 0 Å². The highest BCUT2D eigenvalue weighted by Crippen LogP contribution is 2.60. The molecule has 1 aliphatic rings. The van der Waals surface area contributed by atoms with Crippen molar-refractivity contribution in [2.75, 3.05) is 0 Å². The lowest BCUT2D eigenvalue weighted by molar-refractivity contribution is -0.105. The monoisotopic (exact) mass is 278 g/mol. The fourth-order valence-corrected chi connectivity index (χ4v) is 3.87. The lowest BCUT2D eigenvalue weighted by Crippen LogP contribution is -2.63. The highest BCUT2D eigenvalue weighted by Gasteiger charge is 2.62. The van der Waals surface area contributed by atoms with Gasteiger partial charge in [0, 0.05) is 11.3 Å². The zero-order chi connectivity index (χ0) is 15.1. The van der Waals surface area contributed by atoms with Gasteiger partial charge in [0.2, 0.25) is 0 Å². The van der Waals surface area contributed by atoms with Gasteiger partial charge in [-0.2, -0.15) is 0 Å². The molecular formula is C20H22O. The molecule has 2 atom stereocenters. The molecule has 21 heavy (non-hydrogen) atoms. The number of aliphatic hydroxyl groups is 1. The zero-order valence-electron chi connectivity index (χ0n) is 12.7. The van der Waals surface area contributed by atoms with Crippen LogP contribution in [0, 0.1) is 5.92 Å². The molecule has 3 rings (SSSR count). The fourth-order valence-electron chi connectivity index (χ4n) is 3.87. The molecule has 0 saturated heterocycles. The van der Waals surface area contributed by atoms with E-state index >= 15 is 0 Å². The summed E-state index contributed by atoms with van der Waals surface area (Å²) >= 11 is 0. The van der Waals surface area contributed by atoms with Crippen LogP contribution in [0.4, 0.5) is 0 Å². The van der Waals surface area contributed by atoms with Crippen molar-refractivity contribution < 1.29 is 5.11 Å². The molecule has 1 nitrogen and oxygen atoms in total. The Morgan fingerprint density at radius 2 is 1.43 bits per heavy atom. The van der Waals surface area contributed by atoms with Crippen molar-refractivity contribution >= 4 is 0 Å². The Morgan fingerprint density at radius 3 is 1.76 bits per heavy atom. The topological polar surface area (TPSA) is 20.2 Å². The first-order valence-corrected chi connectivity index (χ1v) is 7.51. The molecule has 1 saturated carbocycles. The second-order valence-electron chi connectivity index (χ2n) is 6.31. The van der Waals surface area contributed by atoms with E-state index in [1.54, 1.807) is 0 Å². The molecular weight excluding hydrogens is 256 g/mol. The summed E-state index contributed by atoms with van der Waals surface area (Å²) in [5.74, 6) is 0.104. The fraction of sp³-hybridized carbons (Fsp3) is 0.300. The van der Waals surface area contributed by atoms with Crippen LogP contribution >= 0.6 is 0 Å². The minimum atomic E-state index is -0.772. The van der Waals surface area contributed by atoms with Crippen LogP contribution in [-0.2, 0) is 5.41 Å². The molecule has 0 heterocycles. The summed E-state index contributed by atoms with van der Waals surface area (Å²) in [4.78, 5) is 0. The largest absolute Gasteiger partial charge is 0.385 e. The Hall–Kier alpha value is -1.86. The van der Waals surface area contributed by atoms with Gasteiger partial charge in [-0.25, -0.2) is 0 Å². The maximum atomic E-state index is 10.9. The van der Waals surface area contributed by atoms with E-state index < -0.39 is 5.60 Å². The summed E-state index contributed by atoms with van der Waals surface area (Å²) < 4.78 is 0. The predicted octanol–water partition coefficient (Wildman–Crippen LogP) is 4.32. The van der Waals surface area contributed by atoms with E-state index in [4.69, 9.17) is 0 Å². The molecule has 2 aromatic rings. The summed E-state index contributed by atoms with van der Waals surface area (Å²) in [6.07, 6.45) is 0.699. The number of hydrogen-bond acceptors (Lipinski definition) is 1. The summed E-state index contributed by atoms with van der Waals surface area (Å²) in [5.41, 5.74) is 2.50. The summed E-state index contributed by atoms with van der Waals surface area (Å²) in [7, 11) is 0. The summed E-state index contributed by atoms with van der Waals surface area (Å²) in [6, 6.07) is 21.0. The third-order valence-corrected chi connectivity index (χ3v) is 5.32.